The third kappa shape index (κ3) is 5.96. The Morgan fingerprint density at radius 2 is 0.818 bits per heavy atom. The summed E-state index contributed by atoms with van der Waals surface area (Å²) < 4.78 is 23.1. The van der Waals surface area contributed by atoms with Crippen LogP contribution in [0.5, 0.6) is 0 Å². The molecule has 8 nitrogen and oxygen atoms in total. The summed E-state index contributed by atoms with van der Waals surface area (Å²) in [6, 6.07) is 34.0. The van der Waals surface area contributed by atoms with Gasteiger partial charge in [0, 0.05) is 34.0 Å². The number of fused-ring (bicyclic) bond motifs is 4. The first-order valence-electron chi connectivity index (χ1n) is 13.7. The van der Waals surface area contributed by atoms with E-state index in [9.17, 15) is 19.2 Å². The summed E-state index contributed by atoms with van der Waals surface area (Å²) >= 11 is 0. The smallest absolute Gasteiger partial charge is 0.339 e. The van der Waals surface area contributed by atoms with Crippen molar-refractivity contribution in [2.75, 3.05) is 13.2 Å². The van der Waals surface area contributed by atoms with Crippen molar-refractivity contribution >= 4 is 56.6 Å². The maximum absolute atomic E-state index is 13.4. The van der Waals surface area contributed by atoms with E-state index in [0.717, 1.165) is 10.8 Å². The molecule has 216 valence electrons. The molecule has 6 rings (SSSR count). The van der Waals surface area contributed by atoms with Crippen LogP contribution in [0.4, 0.5) is 0 Å². The van der Waals surface area contributed by atoms with Gasteiger partial charge in [-0.2, -0.15) is 0 Å². The van der Waals surface area contributed by atoms with Gasteiger partial charge in [0.1, 0.15) is 11.2 Å². The number of carbonyl (C=O) groups is 4. The van der Waals surface area contributed by atoms with Crippen LogP contribution >= 0.6 is 0 Å². The Kier molecular flexibility index (Phi) is 7.96. The number of Topliss-reactive ketones (excluding diaryl/α,β-unsaturated/α-hetero) is 2. The Morgan fingerprint density at radius 3 is 1.23 bits per heavy atom. The second-order valence-corrected chi connectivity index (χ2v) is 9.77. The summed E-state index contributed by atoms with van der Waals surface area (Å²) in [5, 5.41) is 1.52. The van der Waals surface area contributed by atoms with E-state index in [1.54, 1.807) is 72.8 Å². The number of para-hydroxylation sites is 2. The average molecular weight is 585 g/mol. The van der Waals surface area contributed by atoms with E-state index in [4.69, 9.17) is 18.3 Å². The highest BCUT2D eigenvalue weighted by molar-refractivity contribution is 6.09. The van der Waals surface area contributed by atoms with Gasteiger partial charge in [0.05, 0.1) is 11.1 Å². The molecule has 1 heterocycles. The molecule has 0 unspecified atom stereocenters. The highest BCUT2D eigenvalue weighted by atomic mass is 16.5. The van der Waals surface area contributed by atoms with E-state index in [2.05, 4.69) is 0 Å². The maximum atomic E-state index is 13.4. The van der Waals surface area contributed by atoms with Gasteiger partial charge in [-0.15, -0.1) is 0 Å². The van der Waals surface area contributed by atoms with Crippen molar-refractivity contribution < 1.29 is 37.5 Å². The first kappa shape index (κ1) is 28.1. The van der Waals surface area contributed by atoms with E-state index in [1.807, 2.05) is 36.4 Å². The molecule has 0 amide bonds. The lowest BCUT2D eigenvalue weighted by Crippen LogP contribution is -2.19. The Morgan fingerprint density at radius 1 is 0.455 bits per heavy atom. The topological polar surface area (TPSA) is 113 Å². The molecular formula is C36H24O8. The fourth-order valence-corrected chi connectivity index (χ4v) is 4.68. The summed E-state index contributed by atoms with van der Waals surface area (Å²) in [6.45, 7) is -1.12. The van der Waals surface area contributed by atoms with Crippen LogP contribution < -0.4 is 0 Å². The fraction of sp³-hybridized carbons (Fsp3) is 0.0556. The third-order valence-electron chi connectivity index (χ3n) is 6.89. The zero-order valence-corrected chi connectivity index (χ0v) is 23.2. The highest BCUT2D eigenvalue weighted by Crippen LogP contribution is 2.29. The third-order valence-corrected chi connectivity index (χ3v) is 6.89. The number of hydrogen-bond donors (Lipinski definition) is 0. The second-order valence-electron chi connectivity index (χ2n) is 9.77. The van der Waals surface area contributed by atoms with Crippen LogP contribution in [0, 0.1) is 0 Å². The van der Waals surface area contributed by atoms with Gasteiger partial charge >= 0.3 is 11.9 Å². The van der Waals surface area contributed by atoms with Gasteiger partial charge in [-0.1, -0.05) is 97.1 Å². The van der Waals surface area contributed by atoms with E-state index in [0.29, 0.717) is 22.3 Å². The molecule has 0 radical (unpaired) electrons. The zero-order chi connectivity index (χ0) is 30.5. The normalized spacial score (nSPS) is 10.8. The van der Waals surface area contributed by atoms with Crippen molar-refractivity contribution in [3.05, 3.63) is 144 Å². The minimum absolute atomic E-state index is 0.130. The molecule has 8 heteroatoms. The van der Waals surface area contributed by atoms with Crippen LogP contribution in [0.3, 0.4) is 0 Å². The lowest BCUT2D eigenvalue weighted by Gasteiger charge is -2.11. The first-order chi connectivity index (χ1) is 21.5. The van der Waals surface area contributed by atoms with Crippen LogP contribution in [0.1, 0.15) is 41.4 Å². The Balaban J connectivity index is 1.43. The molecule has 44 heavy (non-hydrogen) atoms. The molecule has 0 bridgehead atoms. The molecular weight excluding hydrogens is 560 g/mol. The van der Waals surface area contributed by atoms with Crippen molar-refractivity contribution in [1.29, 1.82) is 0 Å². The summed E-state index contributed by atoms with van der Waals surface area (Å²) in [5.74, 6) is -2.77. The quantitative estimate of drug-likeness (QED) is 0.133. The van der Waals surface area contributed by atoms with E-state index in [1.165, 1.54) is 12.1 Å². The molecule has 0 saturated carbocycles. The van der Waals surface area contributed by atoms with Crippen molar-refractivity contribution in [2.24, 2.45) is 0 Å². The monoisotopic (exact) mass is 584 g/mol. The molecule has 5 aromatic carbocycles. The molecule has 6 aromatic rings. The zero-order valence-electron chi connectivity index (χ0n) is 23.2. The SMILES string of the molecule is O=C(COC(=O)c1cc2oc3ccccc3c3ccccc3oc2cc1C(=O)OCC(=O)c1ccccc1)c1ccccc1. The molecule has 0 N–H and O–H groups in total. The lowest BCUT2D eigenvalue weighted by molar-refractivity contribution is 0.0439. The fourth-order valence-electron chi connectivity index (χ4n) is 4.68. The van der Waals surface area contributed by atoms with Crippen molar-refractivity contribution in [1.82, 2.24) is 0 Å². The van der Waals surface area contributed by atoms with Gasteiger partial charge in [-0.3, -0.25) is 9.59 Å². The first-order valence-corrected chi connectivity index (χ1v) is 13.7. The van der Waals surface area contributed by atoms with E-state index >= 15 is 0 Å². The van der Waals surface area contributed by atoms with Gasteiger partial charge in [0.2, 0.25) is 0 Å². The molecule has 0 aliphatic carbocycles. The number of ether oxygens (including phenoxy) is 2. The summed E-state index contributed by atoms with van der Waals surface area (Å²) in [4.78, 5) is 52.1. The molecule has 0 atom stereocenters. The van der Waals surface area contributed by atoms with E-state index < -0.39 is 36.7 Å². The second kappa shape index (κ2) is 12.5. The summed E-state index contributed by atoms with van der Waals surface area (Å²) in [6.07, 6.45) is 0. The van der Waals surface area contributed by atoms with Crippen molar-refractivity contribution in [2.45, 2.75) is 0 Å². The highest BCUT2D eigenvalue weighted by Gasteiger charge is 2.24. The predicted octanol–water partition coefficient (Wildman–Crippen LogP) is 7.54. The minimum atomic E-state index is -0.960. The largest absolute Gasteiger partial charge is 0.454 e. The van der Waals surface area contributed by atoms with Gasteiger partial charge in [0.25, 0.3) is 0 Å². The maximum Gasteiger partial charge on any atom is 0.339 e. The van der Waals surface area contributed by atoms with Crippen LogP contribution in [-0.4, -0.2) is 36.7 Å². The number of benzene rings is 5. The van der Waals surface area contributed by atoms with Gasteiger partial charge in [-0.05, 0) is 12.1 Å². The van der Waals surface area contributed by atoms with Crippen molar-refractivity contribution in [3.63, 3.8) is 0 Å². The van der Waals surface area contributed by atoms with Crippen LogP contribution in [-0.2, 0) is 9.47 Å². The lowest BCUT2D eigenvalue weighted by atomic mass is 10.1. The molecule has 0 aliphatic heterocycles. The predicted molar refractivity (Wildman–Crippen MR) is 163 cm³/mol. The molecule has 0 fully saturated rings. The molecule has 0 aliphatic rings. The summed E-state index contributed by atoms with van der Waals surface area (Å²) in [5.41, 5.74) is 1.52. The Bertz CT molecular complexity index is 1940. The minimum Gasteiger partial charge on any atom is -0.454 e. The number of hydrogen-bond acceptors (Lipinski definition) is 8. The van der Waals surface area contributed by atoms with Crippen LogP contribution in [0.2, 0.25) is 0 Å². The number of rotatable bonds is 8. The standard InChI is InChI=1S/C36H24O8/c37-29(23-11-3-1-4-12-23)21-41-35(39)27-19-33-34(20-28(27)36(40)42-22-30(38)24-13-5-2-6-14-24)44-32-18-10-8-16-26(32)25-15-7-9-17-31(25)43-33/h1-20H,21-22H2. The molecule has 0 saturated heterocycles. The van der Waals surface area contributed by atoms with Gasteiger partial charge in [-0.25, -0.2) is 9.59 Å². The van der Waals surface area contributed by atoms with Crippen LogP contribution in [0.25, 0.3) is 33.1 Å². The van der Waals surface area contributed by atoms with Gasteiger partial charge < -0.3 is 18.3 Å². The number of ketones is 2. The molecule has 1 aromatic heterocycles. The van der Waals surface area contributed by atoms with Crippen molar-refractivity contribution in [3.8, 4) is 0 Å². The van der Waals surface area contributed by atoms with Crippen LogP contribution in [0.15, 0.2) is 130 Å². The number of carbonyl (C=O) groups excluding carboxylic acids is 4. The number of esters is 2. The van der Waals surface area contributed by atoms with E-state index in [-0.39, 0.29) is 22.3 Å². The Hall–Kier alpha value is -6.02. The summed E-state index contributed by atoms with van der Waals surface area (Å²) in [7, 11) is 0. The Labute approximate surface area is 250 Å². The van der Waals surface area contributed by atoms with Gasteiger partial charge in [0.15, 0.2) is 35.9 Å². The molecule has 0 spiro atoms. The average Bonchev–Trinajstić information content (AvgIpc) is 3.06.